The number of alkyl halides is 1. The summed E-state index contributed by atoms with van der Waals surface area (Å²) in [6.07, 6.45) is 0.0621. The minimum Gasteiger partial charge on any atom is -0.481 e. The lowest BCUT2D eigenvalue weighted by Crippen LogP contribution is -2.54. The number of ketones is 1. The highest BCUT2D eigenvalue weighted by atomic mass is 35.5. The van der Waals surface area contributed by atoms with Gasteiger partial charge in [0, 0.05) is 25.1 Å². The van der Waals surface area contributed by atoms with Gasteiger partial charge >= 0.3 is 5.97 Å². The number of carbonyl (C=O) groups excluding carboxylic acids is 3. The van der Waals surface area contributed by atoms with E-state index in [1.165, 1.54) is 4.90 Å². The Morgan fingerprint density at radius 3 is 2.44 bits per heavy atom. The molecule has 2 atom stereocenters. The van der Waals surface area contributed by atoms with E-state index >= 15 is 0 Å². The summed E-state index contributed by atoms with van der Waals surface area (Å²) in [5.41, 5.74) is 2.84. The van der Waals surface area contributed by atoms with Gasteiger partial charge in [0.2, 0.25) is 12.3 Å². The van der Waals surface area contributed by atoms with Gasteiger partial charge < -0.3 is 20.1 Å². The fraction of sp³-hybridized carbons (Fsp3) is 0.333. The summed E-state index contributed by atoms with van der Waals surface area (Å²) in [6.45, 7) is -0.554. The van der Waals surface area contributed by atoms with Crippen molar-refractivity contribution in [2.45, 2.75) is 38.1 Å². The predicted molar refractivity (Wildman–Crippen MR) is 123 cm³/mol. The zero-order valence-corrected chi connectivity index (χ0v) is 19.3. The highest BCUT2D eigenvalue weighted by Gasteiger charge is 2.33. The van der Waals surface area contributed by atoms with Gasteiger partial charge in [-0.05, 0) is 22.8 Å². The van der Waals surface area contributed by atoms with Crippen LogP contribution in [0.2, 0.25) is 5.02 Å². The molecule has 0 spiro atoms. The van der Waals surface area contributed by atoms with E-state index in [0.29, 0.717) is 13.0 Å². The Morgan fingerprint density at radius 1 is 1.21 bits per heavy atom. The van der Waals surface area contributed by atoms with Crippen LogP contribution in [0.3, 0.4) is 0 Å². The number of benzene rings is 2. The van der Waals surface area contributed by atoms with Crippen molar-refractivity contribution in [3.63, 3.8) is 0 Å². The summed E-state index contributed by atoms with van der Waals surface area (Å²) in [4.78, 5) is 47.2. The topological polar surface area (TPSA) is 113 Å². The molecule has 0 bridgehead atoms. The van der Waals surface area contributed by atoms with Crippen LogP contribution in [0.4, 0.5) is 4.39 Å². The van der Waals surface area contributed by atoms with Gasteiger partial charge in [-0.1, -0.05) is 54.1 Å². The minimum atomic E-state index is -1.45. The molecule has 1 unspecified atom stereocenters. The van der Waals surface area contributed by atoms with Gasteiger partial charge in [-0.15, -0.1) is 0 Å². The lowest BCUT2D eigenvalue weighted by molar-refractivity contribution is -0.141. The summed E-state index contributed by atoms with van der Waals surface area (Å²) < 4.78 is 17.5. The number of fused-ring (bicyclic) bond motifs is 1. The van der Waals surface area contributed by atoms with Crippen LogP contribution >= 0.6 is 11.6 Å². The summed E-state index contributed by atoms with van der Waals surface area (Å²) >= 11 is 5.82. The first kappa shape index (κ1) is 26.9. The van der Waals surface area contributed by atoms with Crippen molar-refractivity contribution in [1.82, 2.24) is 10.2 Å². The number of amides is 2. The number of nitrogens with zero attached hydrogens (tertiary/aromatic N) is 1. The Kier molecular flexibility index (Phi) is 10.6. The third kappa shape index (κ3) is 7.64. The Bertz CT molecular complexity index is 1020. The monoisotopic (exact) mass is 492 g/mol. The van der Waals surface area contributed by atoms with E-state index in [1.54, 1.807) is 7.11 Å². The van der Waals surface area contributed by atoms with Crippen LogP contribution in [0.1, 0.15) is 23.1 Å². The molecular formula is C24H26ClFN2O6. The predicted octanol–water partition coefficient (Wildman–Crippen LogP) is 2.55. The number of Topliss-reactive ketones (excluding diaryl/α,β-unsaturated/α-hetero) is 1. The van der Waals surface area contributed by atoms with Crippen molar-refractivity contribution in [1.29, 1.82) is 0 Å². The molecule has 2 amide bonds. The molecule has 2 aromatic carbocycles. The Labute approximate surface area is 201 Å². The van der Waals surface area contributed by atoms with Gasteiger partial charge in [-0.25, -0.2) is 4.39 Å². The third-order valence-corrected chi connectivity index (χ3v) is 5.56. The van der Waals surface area contributed by atoms with Gasteiger partial charge in [0.05, 0.1) is 13.0 Å². The molecular weight excluding hydrogens is 467 g/mol. The summed E-state index contributed by atoms with van der Waals surface area (Å²) in [6, 6.07) is 12.6. The number of carboxylic acids is 1. The van der Waals surface area contributed by atoms with Crippen LogP contribution in [-0.4, -0.2) is 59.9 Å². The van der Waals surface area contributed by atoms with E-state index in [9.17, 15) is 23.6 Å². The molecule has 8 nitrogen and oxygen atoms in total. The average molecular weight is 493 g/mol. The maximum Gasteiger partial charge on any atom is 0.305 e. The van der Waals surface area contributed by atoms with Crippen LogP contribution in [0.15, 0.2) is 48.5 Å². The number of nitrogens with one attached hydrogen (secondary N) is 1. The standard InChI is InChI=1S/C16H17FN2O5.C8H9ClO/c17-7-14(21)12(6-15(22)23)18-16(24)13-5-10-3-1-2-4-11(10)8-19(13)9-20;1-10-6-7-4-2-3-5-8(7)9/h1-4,9,12-13H,5-8H2,(H,18,24)(H,22,23);2-5H,6H2,1H3/t12?,13-;/m0./s1. The van der Waals surface area contributed by atoms with Crippen LogP contribution in [0.25, 0.3) is 0 Å². The Hall–Kier alpha value is -3.30. The van der Waals surface area contributed by atoms with E-state index in [-0.39, 0.29) is 13.0 Å². The van der Waals surface area contributed by atoms with Gasteiger partial charge in [-0.2, -0.15) is 0 Å². The molecule has 10 heteroatoms. The first-order valence-electron chi connectivity index (χ1n) is 10.4. The molecule has 0 saturated heterocycles. The Balaban J connectivity index is 0.000000340. The van der Waals surface area contributed by atoms with Crippen molar-refractivity contribution in [2.75, 3.05) is 13.8 Å². The van der Waals surface area contributed by atoms with Gasteiger partial charge in [-0.3, -0.25) is 19.2 Å². The summed E-state index contributed by atoms with van der Waals surface area (Å²) in [5.74, 6) is -3.02. The second-order valence-electron chi connectivity index (χ2n) is 7.55. The molecule has 1 heterocycles. The van der Waals surface area contributed by atoms with Crippen molar-refractivity contribution >= 4 is 35.7 Å². The summed E-state index contributed by atoms with van der Waals surface area (Å²) in [5, 5.41) is 11.8. The molecule has 182 valence electrons. The average Bonchev–Trinajstić information content (AvgIpc) is 2.83. The van der Waals surface area contributed by atoms with Crippen molar-refractivity contribution in [3.8, 4) is 0 Å². The molecule has 34 heavy (non-hydrogen) atoms. The molecule has 1 aliphatic rings. The van der Waals surface area contributed by atoms with E-state index < -0.39 is 42.8 Å². The van der Waals surface area contributed by atoms with E-state index in [2.05, 4.69) is 5.32 Å². The van der Waals surface area contributed by atoms with Crippen molar-refractivity contribution in [3.05, 3.63) is 70.2 Å². The first-order chi connectivity index (χ1) is 16.3. The fourth-order valence-electron chi connectivity index (χ4n) is 3.45. The number of rotatable bonds is 9. The maximum absolute atomic E-state index is 12.6. The van der Waals surface area contributed by atoms with Crippen LogP contribution in [0.5, 0.6) is 0 Å². The zero-order chi connectivity index (χ0) is 25.1. The second kappa shape index (κ2) is 13.4. The molecule has 3 rings (SSSR count). The van der Waals surface area contributed by atoms with E-state index in [1.807, 2.05) is 48.5 Å². The maximum atomic E-state index is 12.6. The highest BCUT2D eigenvalue weighted by Crippen LogP contribution is 2.22. The number of aliphatic carboxylic acids is 1. The van der Waals surface area contributed by atoms with E-state index in [0.717, 1.165) is 21.7 Å². The second-order valence-corrected chi connectivity index (χ2v) is 7.96. The first-order valence-corrected chi connectivity index (χ1v) is 10.8. The minimum absolute atomic E-state index is 0.235. The van der Waals surface area contributed by atoms with Gasteiger partial charge in [0.1, 0.15) is 18.8 Å². The molecule has 0 radical (unpaired) electrons. The molecule has 0 aromatic heterocycles. The normalized spacial score (nSPS) is 15.3. The molecule has 1 aliphatic heterocycles. The summed E-state index contributed by atoms with van der Waals surface area (Å²) in [7, 11) is 1.66. The van der Waals surface area contributed by atoms with Crippen LogP contribution in [0, 0.1) is 0 Å². The van der Waals surface area contributed by atoms with Crippen LogP contribution in [-0.2, 0) is 43.5 Å². The van der Waals surface area contributed by atoms with Gasteiger partial charge in [0.25, 0.3) is 0 Å². The molecule has 2 aromatic rings. The van der Waals surface area contributed by atoms with Crippen molar-refractivity contribution < 1.29 is 33.4 Å². The largest absolute Gasteiger partial charge is 0.481 e. The number of halogens is 2. The number of ether oxygens (including phenoxy) is 1. The molecule has 0 saturated carbocycles. The number of methoxy groups -OCH3 is 1. The third-order valence-electron chi connectivity index (χ3n) is 5.20. The molecule has 2 N–H and O–H groups in total. The van der Waals surface area contributed by atoms with Crippen LogP contribution < -0.4 is 5.32 Å². The number of carboxylic acid groups (broad SMARTS) is 1. The smallest absolute Gasteiger partial charge is 0.305 e. The lowest BCUT2D eigenvalue weighted by Gasteiger charge is -2.33. The number of hydrogen-bond acceptors (Lipinski definition) is 5. The fourth-order valence-corrected chi connectivity index (χ4v) is 3.64. The van der Waals surface area contributed by atoms with E-state index in [4.69, 9.17) is 21.4 Å². The number of hydrogen-bond donors (Lipinski definition) is 2. The molecule has 0 aliphatic carbocycles. The quantitative estimate of drug-likeness (QED) is 0.520. The molecule has 0 fully saturated rings. The van der Waals surface area contributed by atoms with Crippen molar-refractivity contribution in [2.24, 2.45) is 0 Å². The lowest BCUT2D eigenvalue weighted by atomic mass is 9.93. The Morgan fingerprint density at radius 2 is 1.85 bits per heavy atom. The van der Waals surface area contributed by atoms with Gasteiger partial charge in [0.15, 0.2) is 5.78 Å². The SMILES string of the molecule is COCc1ccccc1Cl.O=CN1Cc2ccccc2C[C@H]1C(=O)NC(CC(=O)O)C(=O)CF. The zero-order valence-electron chi connectivity index (χ0n) is 18.6. The number of carbonyl (C=O) groups is 4. The highest BCUT2D eigenvalue weighted by molar-refractivity contribution is 6.31.